The fourth-order valence-electron chi connectivity index (χ4n) is 2.48. The van der Waals surface area contributed by atoms with Crippen LogP contribution in [0.1, 0.15) is 35.2 Å². The largest absolute Gasteiger partial charge is 0.310 e. The normalized spacial score (nSPS) is 12.4. The van der Waals surface area contributed by atoms with Crippen LogP contribution in [0.15, 0.2) is 48.5 Å². The summed E-state index contributed by atoms with van der Waals surface area (Å²) in [7, 11) is 0. The van der Waals surface area contributed by atoms with Gasteiger partial charge in [0, 0.05) is 6.04 Å². The van der Waals surface area contributed by atoms with Crippen molar-refractivity contribution in [3.63, 3.8) is 0 Å². The summed E-state index contributed by atoms with van der Waals surface area (Å²) in [5.41, 5.74) is 5.52. The SMILES string of the molecule is CCNC(Cc1cc(C)ccc1C)c1ccccc1. The van der Waals surface area contributed by atoms with Crippen molar-refractivity contribution < 1.29 is 0 Å². The van der Waals surface area contributed by atoms with Crippen molar-refractivity contribution in [2.24, 2.45) is 0 Å². The first-order valence-electron chi connectivity index (χ1n) is 7.05. The highest BCUT2D eigenvalue weighted by Crippen LogP contribution is 2.21. The van der Waals surface area contributed by atoms with Gasteiger partial charge in [-0.3, -0.25) is 0 Å². The fraction of sp³-hybridized carbons (Fsp3) is 0.333. The van der Waals surface area contributed by atoms with Crippen molar-refractivity contribution in [3.8, 4) is 0 Å². The molecule has 1 nitrogen and oxygen atoms in total. The Morgan fingerprint density at radius 1 is 1.00 bits per heavy atom. The highest BCUT2D eigenvalue weighted by Gasteiger charge is 2.12. The molecule has 1 atom stereocenters. The molecule has 0 fully saturated rings. The monoisotopic (exact) mass is 253 g/mol. The predicted molar refractivity (Wildman–Crippen MR) is 82.5 cm³/mol. The maximum atomic E-state index is 3.59. The molecule has 0 aliphatic heterocycles. The molecule has 0 aromatic heterocycles. The molecule has 0 aliphatic rings. The first-order chi connectivity index (χ1) is 9.20. The smallest absolute Gasteiger partial charge is 0.0360 e. The fourth-order valence-corrected chi connectivity index (χ4v) is 2.48. The summed E-state index contributed by atoms with van der Waals surface area (Å²) >= 11 is 0. The van der Waals surface area contributed by atoms with Crippen molar-refractivity contribution in [2.75, 3.05) is 6.54 Å². The maximum absolute atomic E-state index is 3.59. The van der Waals surface area contributed by atoms with E-state index < -0.39 is 0 Å². The van der Waals surface area contributed by atoms with Crippen LogP contribution in [0.5, 0.6) is 0 Å². The van der Waals surface area contributed by atoms with Crippen LogP contribution in [0.3, 0.4) is 0 Å². The summed E-state index contributed by atoms with van der Waals surface area (Å²) in [5.74, 6) is 0. The van der Waals surface area contributed by atoms with Gasteiger partial charge in [-0.2, -0.15) is 0 Å². The first-order valence-corrected chi connectivity index (χ1v) is 7.05. The number of nitrogens with one attached hydrogen (secondary N) is 1. The van der Waals surface area contributed by atoms with Crippen LogP contribution >= 0.6 is 0 Å². The number of likely N-dealkylation sites (N-methyl/N-ethyl adjacent to an activating group) is 1. The van der Waals surface area contributed by atoms with Crippen LogP contribution in [-0.4, -0.2) is 6.54 Å². The number of aryl methyl sites for hydroxylation is 2. The van der Waals surface area contributed by atoms with Crippen molar-refractivity contribution in [1.82, 2.24) is 5.32 Å². The highest BCUT2D eigenvalue weighted by atomic mass is 14.9. The van der Waals surface area contributed by atoms with Gasteiger partial charge in [0.25, 0.3) is 0 Å². The van der Waals surface area contributed by atoms with Gasteiger partial charge >= 0.3 is 0 Å². The number of hydrogen-bond donors (Lipinski definition) is 1. The summed E-state index contributed by atoms with van der Waals surface area (Å²) in [5, 5.41) is 3.59. The molecule has 0 spiro atoms. The van der Waals surface area contributed by atoms with Crippen molar-refractivity contribution in [3.05, 3.63) is 70.8 Å². The molecule has 1 unspecified atom stereocenters. The molecule has 0 amide bonds. The Morgan fingerprint density at radius 3 is 2.42 bits per heavy atom. The van der Waals surface area contributed by atoms with E-state index in [1.165, 1.54) is 22.3 Å². The zero-order valence-electron chi connectivity index (χ0n) is 12.1. The van der Waals surface area contributed by atoms with Crippen molar-refractivity contribution in [1.29, 1.82) is 0 Å². The van der Waals surface area contributed by atoms with E-state index in [1.807, 2.05) is 0 Å². The lowest BCUT2D eigenvalue weighted by molar-refractivity contribution is 0.548. The van der Waals surface area contributed by atoms with E-state index in [4.69, 9.17) is 0 Å². The Hall–Kier alpha value is -1.60. The molecule has 1 heteroatoms. The summed E-state index contributed by atoms with van der Waals surface area (Å²) < 4.78 is 0. The standard InChI is InChI=1S/C18H23N/c1-4-19-18(16-8-6-5-7-9-16)13-17-12-14(2)10-11-15(17)3/h5-12,18-19H,4,13H2,1-3H3. The Balaban J connectivity index is 2.24. The van der Waals surface area contributed by atoms with Crippen LogP contribution in [0, 0.1) is 13.8 Å². The van der Waals surface area contributed by atoms with E-state index in [2.05, 4.69) is 74.6 Å². The summed E-state index contributed by atoms with van der Waals surface area (Å²) in [4.78, 5) is 0. The van der Waals surface area contributed by atoms with Gasteiger partial charge in [-0.05, 0) is 43.5 Å². The van der Waals surface area contributed by atoms with Gasteiger partial charge in [-0.1, -0.05) is 61.0 Å². The van der Waals surface area contributed by atoms with Gasteiger partial charge in [0.2, 0.25) is 0 Å². The molecule has 0 saturated carbocycles. The molecule has 100 valence electrons. The molecule has 19 heavy (non-hydrogen) atoms. The third-order valence-electron chi connectivity index (χ3n) is 3.58. The summed E-state index contributed by atoms with van der Waals surface area (Å²) in [6, 6.07) is 17.8. The van der Waals surface area contributed by atoms with Gasteiger partial charge in [0.05, 0.1) is 0 Å². The van der Waals surface area contributed by atoms with Gasteiger partial charge < -0.3 is 5.32 Å². The Bertz CT molecular complexity index is 516. The quantitative estimate of drug-likeness (QED) is 0.842. The van der Waals surface area contributed by atoms with Gasteiger partial charge in [-0.25, -0.2) is 0 Å². The van der Waals surface area contributed by atoms with Crippen LogP contribution in [0.2, 0.25) is 0 Å². The molecule has 2 aromatic carbocycles. The average Bonchev–Trinajstić information content (AvgIpc) is 2.43. The van der Waals surface area contributed by atoms with Crippen LogP contribution in [0.4, 0.5) is 0 Å². The van der Waals surface area contributed by atoms with Crippen LogP contribution in [0.25, 0.3) is 0 Å². The van der Waals surface area contributed by atoms with E-state index in [0.29, 0.717) is 6.04 Å². The van der Waals surface area contributed by atoms with Crippen molar-refractivity contribution >= 4 is 0 Å². The van der Waals surface area contributed by atoms with E-state index in [9.17, 15) is 0 Å². The molecular weight excluding hydrogens is 230 g/mol. The molecule has 2 aromatic rings. The van der Waals surface area contributed by atoms with Gasteiger partial charge in [0.1, 0.15) is 0 Å². The minimum atomic E-state index is 0.395. The molecule has 0 saturated heterocycles. The minimum Gasteiger partial charge on any atom is -0.310 e. The van der Waals surface area contributed by atoms with Gasteiger partial charge in [-0.15, -0.1) is 0 Å². The lowest BCUT2D eigenvalue weighted by Crippen LogP contribution is -2.23. The van der Waals surface area contributed by atoms with E-state index in [0.717, 1.165) is 13.0 Å². The number of rotatable bonds is 5. The summed E-state index contributed by atoms with van der Waals surface area (Å²) in [6.07, 6.45) is 1.05. The molecule has 0 radical (unpaired) electrons. The molecule has 0 heterocycles. The van der Waals surface area contributed by atoms with Crippen molar-refractivity contribution in [2.45, 2.75) is 33.2 Å². The van der Waals surface area contributed by atoms with E-state index in [1.54, 1.807) is 0 Å². The second-order valence-electron chi connectivity index (χ2n) is 5.16. The molecular formula is C18H23N. The third kappa shape index (κ3) is 3.68. The molecule has 1 N–H and O–H groups in total. The third-order valence-corrected chi connectivity index (χ3v) is 3.58. The van der Waals surface area contributed by atoms with E-state index in [-0.39, 0.29) is 0 Å². The lowest BCUT2D eigenvalue weighted by atomic mass is 9.95. The Morgan fingerprint density at radius 2 is 1.74 bits per heavy atom. The number of hydrogen-bond acceptors (Lipinski definition) is 1. The minimum absolute atomic E-state index is 0.395. The Labute approximate surface area is 116 Å². The highest BCUT2D eigenvalue weighted by molar-refractivity contribution is 5.32. The average molecular weight is 253 g/mol. The Kier molecular flexibility index (Phi) is 4.75. The molecule has 0 aliphatic carbocycles. The van der Waals surface area contributed by atoms with Gasteiger partial charge in [0.15, 0.2) is 0 Å². The molecule has 2 rings (SSSR count). The van der Waals surface area contributed by atoms with Crippen LogP contribution < -0.4 is 5.32 Å². The molecule has 0 bridgehead atoms. The van der Waals surface area contributed by atoms with Crippen LogP contribution in [-0.2, 0) is 6.42 Å². The van der Waals surface area contributed by atoms with E-state index >= 15 is 0 Å². The zero-order chi connectivity index (χ0) is 13.7. The first kappa shape index (κ1) is 13.8. The second kappa shape index (κ2) is 6.53. The summed E-state index contributed by atoms with van der Waals surface area (Å²) in [6.45, 7) is 7.51. The predicted octanol–water partition coefficient (Wildman–Crippen LogP) is 4.20. The second-order valence-corrected chi connectivity index (χ2v) is 5.16. The maximum Gasteiger partial charge on any atom is 0.0360 e. The lowest BCUT2D eigenvalue weighted by Gasteiger charge is -2.20. The zero-order valence-corrected chi connectivity index (χ0v) is 12.1. The number of benzene rings is 2. The topological polar surface area (TPSA) is 12.0 Å².